The minimum absolute atomic E-state index is 0.0230. The van der Waals surface area contributed by atoms with Gasteiger partial charge < -0.3 is 14.4 Å². The zero-order valence-electron chi connectivity index (χ0n) is 17.2. The van der Waals surface area contributed by atoms with Crippen LogP contribution in [-0.2, 0) is 4.79 Å². The maximum Gasteiger partial charge on any atom is 0.246 e. The van der Waals surface area contributed by atoms with Crippen LogP contribution in [0, 0.1) is 11.8 Å². The highest BCUT2D eigenvalue weighted by atomic mass is 16.3. The molecule has 3 unspecified atom stereocenters. The number of carbonyl (C=O) groups excluding carboxylic acids is 1. The molecule has 154 valence electrons. The Kier molecular flexibility index (Phi) is 5.66. The molecule has 1 saturated heterocycles. The van der Waals surface area contributed by atoms with Crippen LogP contribution in [0.4, 0.5) is 0 Å². The third-order valence-electron chi connectivity index (χ3n) is 7.36. The van der Waals surface area contributed by atoms with Crippen LogP contribution in [0.3, 0.4) is 0 Å². The second-order valence-corrected chi connectivity index (χ2v) is 9.11. The molecule has 2 heterocycles. The van der Waals surface area contributed by atoms with Gasteiger partial charge in [0.15, 0.2) is 0 Å². The van der Waals surface area contributed by atoms with Crippen molar-refractivity contribution in [1.82, 2.24) is 9.80 Å². The third-order valence-corrected chi connectivity index (χ3v) is 7.36. The molecule has 3 aliphatic rings. The molecular weight excluding hydrogens is 352 g/mol. The lowest BCUT2D eigenvalue weighted by atomic mass is 9.65. The van der Waals surface area contributed by atoms with Crippen molar-refractivity contribution in [1.29, 1.82) is 0 Å². The van der Waals surface area contributed by atoms with Gasteiger partial charge in [0.2, 0.25) is 5.91 Å². The van der Waals surface area contributed by atoms with E-state index in [1.165, 1.54) is 12.8 Å². The zero-order chi connectivity index (χ0) is 19.7. The first kappa shape index (κ1) is 19.7. The third kappa shape index (κ3) is 3.92. The molecule has 1 amide bonds. The average molecular weight is 387 g/mol. The van der Waals surface area contributed by atoms with Gasteiger partial charge in [-0.1, -0.05) is 6.92 Å². The number of nitrogens with zero attached hydrogens (tertiary/aromatic N) is 2. The summed E-state index contributed by atoms with van der Waals surface area (Å²) >= 11 is 0. The van der Waals surface area contributed by atoms with Gasteiger partial charge in [-0.3, -0.25) is 9.69 Å². The molecule has 1 aromatic heterocycles. The molecule has 4 atom stereocenters. The van der Waals surface area contributed by atoms with Crippen molar-refractivity contribution in [2.45, 2.75) is 69.6 Å². The molecule has 4 rings (SSSR count). The topological polar surface area (TPSA) is 56.9 Å². The van der Waals surface area contributed by atoms with Crippen LogP contribution in [0.25, 0.3) is 6.08 Å². The molecule has 1 aromatic rings. The van der Waals surface area contributed by atoms with Gasteiger partial charge in [-0.25, -0.2) is 0 Å². The molecule has 2 saturated carbocycles. The highest BCUT2D eigenvalue weighted by Gasteiger charge is 2.52. The van der Waals surface area contributed by atoms with E-state index in [4.69, 9.17) is 4.42 Å². The van der Waals surface area contributed by atoms with Crippen LogP contribution < -0.4 is 0 Å². The summed E-state index contributed by atoms with van der Waals surface area (Å²) in [5.74, 6) is 1.17. The molecule has 0 spiro atoms. The number of aliphatic hydroxyl groups is 1. The highest BCUT2D eigenvalue weighted by molar-refractivity contribution is 5.91. The van der Waals surface area contributed by atoms with E-state index in [0.717, 1.165) is 56.7 Å². The van der Waals surface area contributed by atoms with E-state index in [-0.39, 0.29) is 18.0 Å². The first-order valence-electron chi connectivity index (χ1n) is 10.9. The first-order chi connectivity index (χ1) is 13.5. The number of amides is 1. The number of hydrogen-bond acceptors (Lipinski definition) is 4. The molecule has 1 aliphatic heterocycles. The first-order valence-corrected chi connectivity index (χ1v) is 10.9. The molecule has 0 radical (unpaired) electrons. The van der Waals surface area contributed by atoms with Crippen molar-refractivity contribution >= 4 is 12.0 Å². The summed E-state index contributed by atoms with van der Waals surface area (Å²) in [4.78, 5) is 17.1. The Morgan fingerprint density at radius 1 is 1.39 bits per heavy atom. The van der Waals surface area contributed by atoms with Crippen LogP contribution in [0.15, 0.2) is 29.1 Å². The smallest absolute Gasteiger partial charge is 0.246 e. The van der Waals surface area contributed by atoms with Crippen molar-refractivity contribution < 1.29 is 14.3 Å². The molecular formula is C23H34N2O3. The number of likely N-dealkylation sites (N-methyl/N-ethyl adjacent to an activating group) is 1. The van der Waals surface area contributed by atoms with E-state index in [1.54, 1.807) is 24.7 Å². The molecule has 28 heavy (non-hydrogen) atoms. The van der Waals surface area contributed by atoms with Gasteiger partial charge in [0, 0.05) is 37.3 Å². The van der Waals surface area contributed by atoms with Crippen LogP contribution in [0.5, 0.6) is 0 Å². The van der Waals surface area contributed by atoms with Crippen LogP contribution >= 0.6 is 0 Å². The van der Waals surface area contributed by atoms with Gasteiger partial charge in [0.05, 0.1) is 18.1 Å². The summed E-state index contributed by atoms with van der Waals surface area (Å²) in [7, 11) is 1.90. The minimum atomic E-state index is -0.588. The Morgan fingerprint density at radius 3 is 2.89 bits per heavy atom. The highest BCUT2D eigenvalue weighted by Crippen LogP contribution is 2.46. The van der Waals surface area contributed by atoms with Crippen molar-refractivity contribution in [3.63, 3.8) is 0 Å². The van der Waals surface area contributed by atoms with Gasteiger partial charge in [-0.2, -0.15) is 0 Å². The van der Waals surface area contributed by atoms with E-state index in [2.05, 4.69) is 11.8 Å². The monoisotopic (exact) mass is 386 g/mol. The maximum absolute atomic E-state index is 12.6. The molecule has 2 aliphatic carbocycles. The van der Waals surface area contributed by atoms with E-state index in [9.17, 15) is 9.90 Å². The van der Waals surface area contributed by atoms with Crippen LogP contribution in [0.1, 0.15) is 57.4 Å². The maximum atomic E-state index is 12.6. The van der Waals surface area contributed by atoms with Crippen LogP contribution in [-0.4, -0.2) is 58.6 Å². The quantitative estimate of drug-likeness (QED) is 0.760. The predicted molar refractivity (Wildman–Crippen MR) is 110 cm³/mol. The Balaban J connectivity index is 1.39. The number of piperidine rings is 1. The largest absolute Gasteiger partial charge is 0.472 e. The van der Waals surface area contributed by atoms with Crippen molar-refractivity contribution in [3.8, 4) is 0 Å². The fraction of sp³-hybridized carbons (Fsp3) is 0.696. The van der Waals surface area contributed by atoms with E-state index in [1.807, 2.05) is 18.0 Å². The zero-order valence-corrected chi connectivity index (χ0v) is 17.2. The SMILES string of the molecule is CC[C@H]1N(CC2CC2)CCC2CC(N(C)C(=O)/C=C/c3ccoc3)CCC21O. The summed E-state index contributed by atoms with van der Waals surface area (Å²) in [5.41, 5.74) is 0.308. The summed E-state index contributed by atoms with van der Waals surface area (Å²) < 4.78 is 5.04. The number of rotatable bonds is 6. The lowest BCUT2D eigenvalue weighted by Gasteiger charge is -2.55. The lowest BCUT2D eigenvalue weighted by molar-refractivity contribution is -0.156. The number of carbonyl (C=O) groups is 1. The van der Waals surface area contributed by atoms with E-state index in [0.29, 0.717) is 5.92 Å². The minimum Gasteiger partial charge on any atom is -0.472 e. The van der Waals surface area contributed by atoms with E-state index >= 15 is 0 Å². The number of fused-ring (bicyclic) bond motifs is 1. The number of furan rings is 1. The number of hydrogen-bond donors (Lipinski definition) is 1. The Labute approximate surface area is 168 Å². The number of likely N-dealkylation sites (tertiary alicyclic amines) is 1. The van der Waals surface area contributed by atoms with Crippen molar-refractivity contribution in [2.24, 2.45) is 11.8 Å². The van der Waals surface area contributed by atoms with E-state index < -0.39 is 5.60 Å². The van der Waals surface area contributed by atoms with Gasteiger partial charge in [0.1, 0.15) is 0 Å². The molecule has 3 fully saturated rings. The molecule has 5 nitrogen and oxygen atoms in total. The fourth-order valence-electron chi connectivity index (χ4n) is 5.50. The average Bonchev–Trinajstić information content (AvgIpc) is 3.35. The second kappa shape index (κ2) is 8.03. The summed E-state index contributed by atoms with van der Waals surface area (Å²) in [6.07, 6.45) is 14.0. The molecule has 5 heteroatoms. The van der Waals surface area contributed by atoms with Crippen LogP contribution in [0.2, 0.25) is 0 Å². The Bertz CT molecular complexity index is 697. The Hall–Kier alpha value is -1.59. The summed E-state index contributed by atoms with van der Waals surface area (Å²) in [6.45, 7) is 4.47. The second-order valence-electron chi connectivity index (χ2n) is 9.11. The molecule has 0 bridgehead atoms. The van der Waals surface area contributed by atoms with Crippen molar-refractivity contribution in [2.75, 3.05) is 20.1 Å². The lowest BCUT2D eigenvalue weighted by Crippen LogP contribution is -2.64. The van der Waals surface area contributed by atoms with Gasteiger partial charge >= 0.3 is 0 Å². The molecule has 1 N–H and O–H groups in total. The predicted octanol–water partition coefficient (Wildman–Crippen LogP) is 3.55. The molecule has 0 aromatic carbocycles. The van der Waals surface area contributed by atoms with Gasteiger partial charge in [-0.15, -0.1) is 0 Å². The summed E-state index contributed by atoms with van der Waals surface area (Å²) in [5, 5.41) is 11.7. The van der Waals surface area contributed by atoms with Crippen molar-refractivity contribution in [3.05, 3.63) is 30.2 Å². The normalized spacial score (nSPS) is 33.8. The Morgan fingerprint density at radius 2 is 2.21 bits per heavy atom. The summed E-state index contributed by atoms with van der Waals surface area (Å²) in [6, 6.07) is 2.32. The standard InChI is InChI=1S/C23H34N2O3/c1-3-21-23(27)11-8-20(14-19(23)9-12-25(21)15-17-4-5-17)24(2)22(26)7-6-18-10-13-28-16-18/h6-7,10,13,16-17,19-21,27H,3-5,8-9,11-12,14-15H2,1-2H3/b7-6+/t19?,20?,21-,23?/m1/s1. The van der Waals surface area contributed by atoms with Gasteiger partial charge in [-0.05, 0) is 75.5 Å². The fourth-order valence-corrected chi connectivity index (χ4v) is 5.50. The van der Waals surface area contributed by atoms with Gasteiger partial charge in [0.25, 0.3) is 0 Å².